The molecule has 150 valence electrons. The molecular weight excluding hydrogens is 358 g/mol. The quantitative estimate of drug-likeness (QED) is 0.819. The molecule has 3 rings (SSSR count). The zero-order valence-corrected chi connectivity index (χ0v) is 16.6. The number of methoxy groups -OCH3 is 2. The van der Waals surface area contributed by atoms with Gasteiger partial charge in [0.05, 0.1) is 26.3 Å². The van der Waals surface area contributed by atoms with Crippen LogP contribution in [0, 0.1) is 0 Å². The fraction of sp³-hybridized carbons (Fsp3) is 0.450. The third-order valence-electron chi connectivity index (χ3n) is 4.77. The summed E-state index contributed by atoms with van der Waals surface area (Å²) in [7, 11) is 3.16. The van der Waals surface area contributed by atoms with Crippen LogP contribution in [0.1, 0.15) is 24.4 Å². The predicted octanol–water partition coefficient (Wildman–Crippen LogP) is 1.93. The Morgan fingerprint density at radius 3 is 2.21 bits per heavy atom. The van der Waals surface area contributed by atoms with Crippen LogP contribution in [-0.4, -0.2) is 72.7 Å². The molecule has 1 aliphatic rings. The van der Waals surface area contributed by atoms with Crippen molar-refractivity contribution >= 4 is 6.03 Å². The molecule has 8 heteroatoms. The van der Waals surface area contributed by atoms with E-state index in [1.165, 1.54) is 0 Å². The Labute approximate surface area is 165 Å². The fourth-order valence-electron chi connectivity index (χ4n) is 3.36. The number of carbonyl (C=O) groups is 1. The van der Waals surface area contributed by atoms with Gasteiger partial charge < -0.3 is 19.7 Å². The smallest absolute Gasteiger partial charge is 0.317 e. The van der Waals surface area contributed by atoms with E-state index in [0.717, 1.165) is 18.7 Å². The van der Waals surface area contributed by atoms with Crippen LogP contribution in [0.3, 0.4) is 0 Å². The first-order valence-corrected chi connectivity index (χ1v) is 9.45. The van der Waals surface area contributed by atoms with Gasteiger partial charge in [-0.05, 0) is 12.5 Å². The molecule has 1 saturated heterocycles. The van der Waals surface area contributed by atoms with Crippen LogP contribution < -0.4 is 14.8 Å². The lowest BCUT2D eigenvalue weighted by atomic mass is 10.0. The number of benzene rings is 1. The molecule has 28 heavy (non-hydrogen) atoms. The summed E-state index contributed by atoms with van der Waals surface area (Å²) in [6.07, 6.45) is 0. The number of urea groups is 1. The van der Waals surface area contributed by atoms with E-state index >= 15 is 0 Å². The predicted molar refractivity (Wildman–Crippen MR) is 106 cm³/mol. The second-order valence-electron chi connectivity index (χ2n) is 6.48. The summed E-state index contributed by atoms with van der Waals surface area (Å²) in [4.78, 5) is 25.4. The molecule has 1 unspecified atom stereocenters. The van der Waals surface area contributed by atoms with E-state index in [4.69, 9.17) is 9.47 Å². The van der Waals surface area contributed by atoms with Crippen LogP contribution in [0.5, 0.6) is 11.8 Å². The van der Waals surface area contributed by atoms with Crippen molar-refractivity contribution in [3.8, 4) is 11.8 Å². The van der Waals surface area contributed by atoms with Crippen molar-refractivity contribution in [2.45, 2.75) is 13.0 Å². The molecule has 2 amide bonds. The number of carbonyl (C=O) groups excluding carboxylic acids is 1. The van der Waals surface area contributed by atoms with Gasteiger partial charge in [-0.2, -0.15) is 9.97 Å². The van der Waals surface area contributed by atoms with Gasteiger partial charge in [0, 0.05) is 32.7 Å². The van der Waals surface area contributed by atoms with E-state index in [2.05, 4.69) is 32.3 Å². The number of hydrogen-bond donors (Lipinski definition) is 1. The zero-order chi connectivity index (χ0) is 19.9. The molecular formula is C20H27N5O3. The Morgan fingerprint density at radius 2 is 1.68 bits per heavy atom. The first-order chi connectivity index (χ1) is 13.7. The van der Waals surface area contributed by atoms with Gasteiger partial charge in [0.2, 0.25) is 11.8 Å². The number of nitrogens with one attached hydrogen (secondary N) is 1. The summed E-state index contributed by atoms with van der Waals surface area (Å²) in [5.74, 6) is 1.54. The molecule has 1 aromatic heterocycles. The minimum absolute atomic E-state index is 0.0160. The van der Waals surface area contributed by atoms with Crippen LogP contribution in [0.4, 0.5) is 4.79 Å². The highest BCUT2D eigenvalue weighted by molar-refractivity contribution is 5.74. The molecule has 0 aliphatic carbocycles. The van der Waals surface area contributed by atoms with Crippen molar-refractivity contribution in [1.82, 2.24) is 25.1 Å². The van der Waals surface area contributed by atoms with Gasteiger partial charge >= 0.3 is 6.03 Å². The lowest BCUT2D eigenvalue weighted by molar-refractivity contribution is 0.117. The van der Waals surface area contributed by atoms with Crippen LogP contribution >= 0.6 is 0 Å². The van der Waals surface area contributed by atoms with Crippen molar-refractivity contribution in [2.75, 3.05) is 46.9 Å². The van der Waals surface area contributed by atoms with Gasteiger partial charge in [-0.1, -0.05) is 30.3 Å². The lowest BCUT2D eigenvalue weighted by Crippen LogP contribution is -2.52. The molecule has 2 aromatic rings. The van der Waals surface area contributed by atoms with Gasteiger partial charge in [0.1, 0.15) is 0 Å². The van der Waals surface area contributed by atoms with E-state index in [1.54, 1.807) is 20.3 Å². The summed E-state index contributed by atoms with van der Waals surface area (Å²) in [6.45, 7) is 5.29. The highest BCUT2D eigenvalue weighted by Crippen LogP contribution is 2.30. The fourth-order valence-corrected chi connectivity index (χ4v) is 3.36. The number of ether oxygens (including phenoxy) is 2. The van der Waals surface area contributed by atoms with Gasteiger partial charge in [-0.25, -0.2) is 4.79 Å². The van der Waals surface area contributed by atoms with Crippen molar-refractivity contribution in [1.29, 1.82) is 0 Å². The number of rotatable bonds is 6. The minimum Gasteiger partial charge on any atom is -0.481 e. The standard InChI is InChI=1S/C20H27N5O3/c1-4-21-20(26)25-12-10-24(11-13-25)18(15-8-6-5-7-9-15)19-22-16(27-2)14-17(23-19)28-3/h5-9,14,18H,4,10-13H2,1-3H3,(H,21,26). The lowest BCUT2D eigenvalue weighted by Gasteiger charge is -2.38. The van der Waals surface area contributed by atoms with Crippen LogP contribution in [0.25, 0.3) is 0 Å². The number of piperazine rings is 1. The van der Waals surface area contributed by atoms with Crippen LogP contribution in [0.15, 0.2) is 36.4 Å². The second-order valence-corrected chi connectivity index (χ2v) is 6.48. The molecule has 0 saturated carbocycles. The second kappa shape index (κ2) is 9.36. The van der Waals surface area contributed by atoms with Crippen LogP contribution in [-0.2, 0) is 0 Å². The normalized spacial score (nSPS) is 15.8. The minimum atomic E-state index is -0.151. The Kier molecular flexibility index (Phi) is 6.65. The van der Waals surface area contributed by atoms with Crippen LogP contribution in [0.2, 0.25) is 0 Å². The van der Waals surface area contributed by atoms with E-state index in [-0.39, 0.29) is 12.1 Å². The van der Waals surface area contributed by atoms with Gasteiger partial charge in [-0.15, -0.1) is 0 Å². The van der Waals surface area contributed by atoms with E-state index in [0.29, 0.717) is 37.2 Å². The largest absolute Gasteiger partial charge is 0.481 e. The molecule has 0 radical (unpaired) electrons. The highest BCUT2D eigenvalue weighted by Gasteiger charge is 2.30. The molecule has 0 spiro atoms. The third-order valence-corrected chi connectivity index (χ3v) is 4.77. The average molecular weight is 385 g/mol. The number of aromatic nitrogens is 2. The van der Waals surface area contributed by atoms with Gasteiger partial charge in [0.25, 0.3) is 0 Å². The Hall–Kier alpha value is -2.87. The first-order valence-electron chi connectivity index (χ1n) is 9.45. The summed E-state index contributed by atoms with van der Waals surface area (Å²) in [5.41, 5.74) is 1.09. The molecule has 8 nitrogen and oxygen atoms in total. The molecule has 2 heterocycles. The molecule has 1 aromatic carbocycles. The summed E-state index contributed by atoms with van der Waals surface area (Å²) >= 11 is 0. The Morgan fingerprint density at radius 1 is 1.07 bits per heavy atom. The number of nitrogens with zero attached hydrogens (tertiary/aromatic N) is 4. The van der Waals surface area contributed by atoms with E-state index < -0.39 is 0 Å². The topological polar surface area (TPSA) is 79.8 Å². The molecule has 1 N–H and O–H groups in total. The van der Waals surface area contributed by atoms with Crippen molar-refractivity contribution in [3.63, 3.8) is 0 Å². The molecule has 1 aliphatic heterocycles. The third kappa shape index (κ3) is 4.51. The molecule has 0 bridgehead atoms. The molecule has 1 fully saturated rings. The maximum Gasteiger partial charge on any atom is 0.317 e. The average Bonchev–Trinajstić information content (AvgIpc) is 2.75. The van der Waals surface area contributed by atoms with Crippen molar-refractivity contribution in [3.05, 3.63) is 47.8 Å². The van der Waals surface area contributed by atoms with E-state index in [1.807, 2.05) is 30.0 Å². The maximum absolute atomic E-state index is 12.1. The number of hydrogen-bond acceptors (Lipinski definition) is 6. The Balaban J connectivity index is 1.89. The monoisotopic (exact) mass is 385 g/mol. The SMILES string of the molecule is CCNC(=O)N1CCN(C(c2ccccc2)c2nc(OC)cc(OC)n2)CC1. The molecule has 1 atom stereocenters. The zero-order valence-electron chi connectivity index (χ0n) is 16.6. The summed E-state index contributed by atoms with van der Waals surface area (Å²) in [6, 6.07) is 11.6. The van der Waals surface area contributed by atoms with Crippen molar-refractivity contribution in [2.24, 2.45) is 0 Å². The Bertz CT molecular complexity index is 756. The first kappa shape index (κ1) is 19.9. The highest BCUT2D eigenvalue weighted by atomic mass is 16.5. The summed E-state index contributed by atoms with van der Waals surface area (Å²) in [5, 5.41) is 2.86. The number of amides is 2. The van der Waals surface area contributed by atoms with Gasteiger partial charge in [-0.3, -0.25) is 4.90 Å². The van der Waals surface area contributed by atoms with Crippen molar-refractivity contribution < 1.29 is 14.3 Å². The van der Waals surface area contributed by atoms with E-state index in [9.17, 15) is 4.79 Å². The summed E-state index contributed by atoms with van der Waals surface area (Å²) < 4.78 is 10.7. The maximum atomic E-state index is 12.1. The van der Waals surface area contributed by atoms with Gasteiger partial charge in [0.15, 0.2) is 5.82 Å².